The SMILES string of the molecule is CC1=CCC[C@@](C)(C#CCl)C1=O. The third kappa shape index (κ3) is 1.54. The zero-order valence-corrected chi connectivity index (χ0v) is 8.03. The quantitative estimate of drug-likeness (QED) is 0.526. The highest BCUT2D eigenvalue weighted by atomic mass is 35.5. The van der Waals surface area contributed by atoms with Crippen molar-refractivity contribution in [3.63, 3.8) is 0 Å². The topological polar surface area (TPSA) is 17.1 Å². The number of allylic oxidation sites excluding steroid dienone is 2. The van der Waals surface area contributed by atoms with Crippen LogP contribution < -0.4 is 0 Å². The van der Waals surface area contributed by atoms with Gasteiger partial charge in [0, 0.05) is 5.38 Å². The van der Waals surface area contributed by atoms with Crippen molar-refractivity contribution < 1.29 is 4.79 Å². The Hall–Kier alpha value is -0.740. The maximum absolute atomic E-state index is 11.6. The summed E-state index contributed by atoms with van der Waals surface area (Å²) in [5, 5.41) is 2.30. The molecular formula is C10H11ClO. The molecule has 0 aromatic rings. The minimum absolute atomic E-state index is 0.113. The molecule has 12 heavy (non-hydrogen) atoms. The van der Waals surface area contributed by atoms with Crippen LogP contribution in [0.1, 0.15) is 26.7 Å². The Bertz CT molecular complexity index is 293. The number of carbonyl (C=O) groups excluding carboxylic acids is 1. The van der Waals surface area contributed by atoms with E-state index in [1.807, 2.05) is 19.9 Å². The molecule has 0 aromatic carbocycles. The number of ketones is 1. The molecule has 0 N–H and O–H groups in total. The number of Topliss-reactive ketones (excluding diaryl/α,β-unsaturated/α-hetero) is 1. The van der Waals surface area contributed by atoms with Crippen LogP contribution in [0.5, 0.6) is 0 Å². The lowest BCUT2D eigenvalue weighted by atomic mass is 9.75. The van der Waals surface area contributed by atoms with E-state index in [0.717, 1.165) is 18.4 Å². The number of hydrogen-bond acceptors (Lipinski definition) is 1. The van der Waals surface area contributed by atoms with Crippen LogP contribution in [0, 0.1) is 16.7 Å². The van der Waals surface area contributed by atoms with E-state index in [-0.39, 0.29) is 5.78 Å². The molecule has 0 unspecified atom stereocenters. The highest BCUT2D eigenvalue weighted by molar-refractivity contribution is 6.30. The van der Waals surface area contributed by atoms with Crippen LogP contribution in [0.3, 0.4) is 0 Å². The van der Waals surface area contributed by atoms with Crippen LogP contribution >= 0.6 is 11.6 Å². The van der Waals surface area contributed by atoms with Crippen molar-refractivity contribution in [2.75, 3.05) is 0 Å². The second-order valence-corrected chi connectivity index (χ2v) is 3.50. The maximum atomic E-state index is 11.6. The van der Waals surface area contributed by atoms with Crippen molar-refractivity contribution >= 4 is 17.4 Å². The van der Waals surface area contributed by atoms with Crippen molar-refractivity contribution in [1.29, 1.82) is 0 Å². The van der Waals surface area contributed by atoms with E-state index in [2.05, 4.69) is 11.3 Å². The average Bonchev–Trinajstić information content (AvgIpc) is 2.01. The van der Waals surface area contributed by atoms with Gasteiger partial charge in [-0.1, -0.05) is 12.0 Å². The monoisotopic (exact) mass is 182 g/mol. The zero-order chi connectivity index (χ0) is 9.19. The first-order chi connectivity index (χ1) is 5.60. The van der Waals surface area contributed by atoms with Crippen molar-refractivity contribution in [2.45, 2.75) is 26.7 Å². The molecule has 0 heterocycles. The van der Waals surface area contributed by atoms with Gasteiger partial charge in [-0.05, 0) is 43.9 Å². The van der Waals surface area contributed by atoms with Crippen molar-refractivity contribution in [1.82, 2.24) is 0 Å². The molecule has 1 aliphatic carbocycles. The number of halogens is 1. The van der Waals surface area contributed by atoms with Gasteiger partial charge in [-0.2, -0.15) is 0 Å². The van der Waals surface area contributed by atoms with Gasteiger partial charge in [0.05, 0.1) is 5.41 Å². The van der Waals surface area contributed by atoms with Crippen LogP contribution in [0.15, 0.2) is 11.6 Å². The molecule has 1 aliphatic rings. The number of carbonyl (C=O) groups is 1. The fraction of sp³-hybridized carbons (Fsp3) is 0.500. The molecule has 1 nitrogen and oxygen atoms in total. The lowest BCUT2D eigenvalue weighted by Gasteiger charge is -2.25. The highest BCUT2D eigenvalue weighted by Gasteiger charge is 2.33. The van der Waals surface area contributed by atoms with Crippen molar-refractivity contribution in [3.05, 3.63) is 11.6 Å². The predicted octanol–water partition coefficient (Wildman–Crippen LogP) is 2.50. The van der Waals surface area contributed by atoms with Gasteiger partial charge in [0.1, 0.15) is 0 Å². The summed E-state index contributed by atoms with van der Waals surface area (Å²) in [4.78, 5) is 11.6. The summed E-state index contributed by atoms with van der Waals surface area (Å²) in [6.07, 6.45) is 3.66. The summed E-state index contributed by atoms with van der Waals surface area (Å²) in [5.41, 5.74) is 0.267. The maximum Gasteiger partial charge on any atom is 0.176 e. The van der Waals surface area contributed by atoms with Crippen LogP contribution in [0.25, 0.3) is 0 Å². The third-order valence-electron chi connectivity index (χ3n) is 2.28. The molecule has 0 radical (unpaired) electrons. The Morgan fingerprint density at radius 1 is 1.67 bits per heavy atom. The zero-order valence-electron chi connectivity index (χ0n) is 7.28. The molecule has 1 rings (SSSR count). The Kier molecular flexibility index (Phi) is 2.59. The Morgan fingerprint density at radius 2 is 2.33 bits per heavy atom. The van der Waals surface area contributed by atoms with E-state index < -0.39 is 5.41 Å². The average molecular weight is 183 g/mol. The molecule has 0 saturated carbocycles. The number of hydrogen-bond donors (Lipinski definition) is 0. The number of rotatable bonds is 0. The van der Waals surface area contributed by atoms with Gasteiger partial charge in [-0.25, -0.2) is 0 Å². The van der Waals surface area contributed by atoms with E-state index in [0.29, 0.717) is 0 Å². The second-order valence-electron chi connectivity index (χ2n) is 3.31. The van der Waals surface area contributed by atoms with E-state index in [1.54, 1.807) is 0 Å². The van der Waals surface area contributed by atoms with Gasteiger partial charge in [-0.3, -0.25) is 4.79 Å². The van der Waals surface area contributed by atoms with Gasteiger partial charge < -0.3 is 0 Å². The third-order valence-corrected chi connectivity index (χ3v) is 2.37. The summed E-state index contributed by atoms with van der Waals surface area (Å²) >= 11 is 5.30. The molecular weight excluding hydrogens is 172 g/mol. The smallest absolute Gasteiger partial charge is 0.176 e. The fourth-order valence-electron chi connectivity index (χ4n) is 1.44. The van der Waals surface area contributed by atoms with Crippen LogP contribution in [-0.2, 0) is 4.79 Å². The Labute approximate surface area is 77.8 Å². The minimum Gasteiger partial charge on any atom is -0.293 e. The highest BCUT2D eigenvalue weighted by Crippen LogP contribution is 2.31. The molecule has 2 heteroatoms. The van der Waals surface area contributed by atoms with Gasteiger partial charge >= 0.3 is 0 Å². The van der Waals surface area contributed by atoms with Crippen molar-refractivity contribution in [3.8, 4) is 11.3 Å². The molecule has 0 spiro atoms. The van der Waals surface area contributed by atoms with Crippen LogP contribution in [0.4, 0.5) is 0 Å². The molecule has 0 aromatic heterocycles. The summed E-state index contributed by atoms with van der Waals surface area (Å²) in [6.45, 7) is 3.68. The minimum atomic E-state index is -0.541. The summed E-state index contributed by atoms with van der Waals surface area (Å²) in [5.74, 6) is 2.88. The molecule has 0 aliphatic heterocycles. The first kappa shape index (κ1) is 9.35. The van der Waals surface area contributed by atoms with E-state index >= 15 is 0 Å². The van der Waals surface area contributed by atoms with Gasteiger partial charge in [0.2, 0.25) is 0 Å². The second kappa shape index (κ2) is 3.33. The summed E-state index contributed by atoms with van der Waals surface area (Å²) in [6, 6.07) is 0. The van der Waals surface area contributed by atoms with Gasteiger partial charge in [-0.15, -0.1) is 0 Å². The largest absolute Gasteiger partial charge is 0.293 e. The van der Waals surface area contributed by atoms with Gasteiger partial charge in [0.25, 0.3) is 0 Å². The van der Waals surface area contributed by atoms with E-state index in [4.69, 9.17) is 11.6 Å². The molecule has 0 saturated heterocycles. The van der Waals surface area contributed by atoms with Crippen molar-refractivity contribution in [2.24, 2.45) is 5.41 Å². The summed E-state index contributed by atoms with van der Waals surface area (Å²) < 4.78 is 0. The molecule has 64 valence electrons. The molecule has 0 amide bonds. The lowest BCUT2D eigenvalue weighted by Crippen LogP contribution is -2.29. The van der Waals surface area contributed by atoms with Crippen LogP contribution in [0.2, 0.25) is 0 Å². The molecule has 0 bridgehead atoms. The van der Waals surface area contributed by atoms with E-state index in [1.165, 1.54) is 0 Å². The standard InChI is InChI=1S/C10H11ClO/c1-8-4-3-5-10(2,6-7-11)9(8)12/h4H,3,5H2,1-2H3/t10-/m0/s1. The molecule has 0 fully saturated rings. The molecule has 1 atom stereocenters. The Morgan fingerprint density at radius 3 is 2.92 bits per heavy atom. The Balaban J connectivity index is 3.00. The lowest BCUT2D eigenvalue weighted by molar-refractivity contribution is -0.122. The normalized spacial score (nSPS) is 28.9. The fourth-order valence-corrected chi connectivity index (χ4v) is 1.65. The first-order valence-corrected chi connectivity index (χ1v) is 4.32. The summed E-state index contributed by atoms with van der Waals surface area (Å²) in [7, 11) is 0. The van der Waals surface area contributed by atoms with E-state index in [9.17, 15) is 4.79 Å². The van der Waals surface area contributed by atoms with Crippen LogP contribution in [-0.4, -0.2) is 5.78 Å². The predicted molar refractivity (Wildman–Crippen MR) is 49.7 cm³/mol. The van der Waals surface area contributed by atoms with Gasteiger partial charge in [0.15, 0.2) is 5.78 Å². The first-order valence-electron chi connectivity index (χ1n) is 3.94.